The lowest BCUT2D eigenvalue weighted by atomic mass is 10.1. The summed E-state index contributed by atoms with van der Waals surface area (Å²) in [7, 11) is 0. The molecule has 0 heterocycles. The van der Waals surface area contributed by atoms with Gasteiger partial charge in [-0.25, -0.2) is 4.79 Å². The smallest absolute Gasteiger partial charge is 0.338 e. The van der Waals surface area contributed by atoms with Crippen molar-refractivity contribution < 1.29 is 14.3 Å². The highest BCUT2D eigenvalue weighted by atomic mass is 35.5. The standard InChI is InChI=1S/C17H16ClNO3/c1-2-12-4-3-5-15(10-12)19-16(20)11-22-17(21)13-6-8-14(18)9-7-13/h3-10H,2,11H2,1H3,(H,19,20). The van der Waals surface area contributed by atoms with Gasteiger partial charge in [0.15, 0.2) is 6.61 Å². The molecule has 1 amide bonds. The van der Waals surface area contributed by atoms with E-state index in [1.165, 1.54) is 0 Å². The summed E-state index contributed by atoms with van der Waals surface area (Å²) in [6.45, 7) is 1.70. The molecule has 0 unspecified atom stereocenters. The van der Waals surface area contributed by atoms with Crippen molar-refractivity contribution in [1.82, 2.24) is 0 Å². The van der Waals surface area contributed by atoms with Gasteiger partial charge in [0.25, 0.3) is 5.91 Å². The van der Waals surface area contributed by atoms with E-state index in [2.05, 4.69) is 5.32 Å². The molecule has 0 aliphatic rings. The number of amides is 1. The van der Waals surface area contributed by atoms with Crippen LogP contribution in [0.1, 0.15) is 22.8 Å². The van der Waals surface area contributed by atoms with Gasteiger partial charge in [-0.15, -0.1) is 0 Å². The Hall–Kier alpha value is -2.33. The van der Waals surface area contributed by atoms with E-state index in [1.54, 1.807) is 30.3 Å². The number of benzene rings is 2. The number of halogens is 1. The summed E-state index contributed by atoms with van der Waals surface area (Å²) >= 11 is 5.74. The van der Waals surface area contributed by atoms with E-state index in [9.17, 15) is 9.59 Å². The van der Waals surface area contributed by atoms with Gasteiger partial charge in [0, 0.05) is 10.7 Å². The van der Waals surface area contributed by atoms with E-state index in [0.717, 1.165) is 12.0 Å². The fourth-order valence-corrected chi connectivity index (χ4v) is 1.99. The Balaban J connectivity index is 1.87. The van der Waals surface area contributed by atoms with Crippen molar-refractivity contribution in [2.45, 2.75) is 13.3 Å². The third kappa shape index (κ3) is 4.60. The van der Waals surface area contributed by atoms with Crippen LogP contribution in [0, 0.1) is 0 Å². The van der Waals surface area contributed by atoms with Gasteiger partial charge in [-0.2, -0.15) is 0 Å². The van der Waals surface area contributed by atoms with Crippen LogP contribution in [0.4, 0.5) is 5.69 Å². The van der Waals surface area contributed by atoms with Crippen LogP contribution in [-0.2, 0) is 16.0 Å². The molecule has 0 aromatic heterocycles. The first-order valence-electron chi connectivity index (χ1n) is 6.90. The second-order valence-electron chi connectivity index (χ2n) is 4.69. The van der Waals surface area contributed by atoms with Crippen LogP contribution in [0.5, 0.6) is 0 Å². The number of hydrogen-bond acceptors (Lipinski definition) is 3. The lowest BCUT2D eigenvalue weighted by molar-refractivity contribution is -0.119. The molecule has 0 atom stereocenters. The summed E-state index contributed by atoms with van der Waals surface area (Å²) < 4.78 is 4.96. The van der Waals surface area contributed by atoms with Gasteiger partial charge >= 0.3 is 5.97 Å². The van der Waals surface area contributed by atoms with Crippen molar-refractivity contribution in [3.63, 3.8) is 0 Å². The number of carbonyl (C=O) groups is 2. The van der Waals surface area contributed by atoms with Crippen LogP contribution in [-0.4, -0.2) is 18.5 Å². The molecule has 2 aromatic rings. The molecule has 0 saturated heterocycles. The zero-order valence-corrected chi connectivity index (χ0v) is 12.9. The predicted octanol–water partition coefficient (Wildman–Crippen LogP) is 3.70. The van der Waals surface area contributed by atoms with Crippen LogP contribution in [0.3, 0.4) is 0 Å². The minimum atomic E-state index is -0.561. The number of esters is 1. The van der Waals surface area contributed by atoms with Crippen LogP contribution in [0.2, 0.25) is 5.02 Å². The topological polar surface area (TPSA) is 55.4 Å². The molecular formula is C17H16ClNO3. The summed E-state index contributed by atoms with van der Waals surface area (Å²) in [6, 6.07) is 13.8. The Kier molecular flexibility index (Phi) is 5.55. The fraction of sp³-hybridized carbons (Fsp3) is 0.176. The highest BCUT2D eigenvalue weighted by molar-refractivity contribution is 6.30. The maximum absolute atomic E-state index is 11.8. The first kappa shape index (κ1) is 16.0. The van der Waals surface area contributed by atoms with Crippen molar-refractivity contribution >= 4 is 29.2 Å². The number of anilines is 1. The van der Waals surface area contributed by atoms with Gasteiger partial charge in [-0.3, -0.25) is 4.79 Å². The molecule has 0 fully saturated rings. The predicted molar refractivity (Wildman–Crippen MR) is 86.2 cm³/mol. The average Bonchev–Trinajstić information content (AvgIpc) is 2.53. The minimum absolute atomic E-state index is 0.336. The molecule has 4 nitrogen and oxygen atoms in total. The van der Waals surface area contributed by atoms with E-state index in [4.69, 9.17) is 16.3 Å². The Morgan fingerprint density at radius 3 is 2.55 bits per heavy atom. The fourth-order valence-electron chi connectivity index (χ4n) is 1.87. The van der Waals surface area contributed by atoms with E-state index in [1.807, 2.05) is 25.1 Å². The van der Waals surface area contributed by atoms with Crippen molar-refractivity contribution in [2.24, 2.45) is 0 Å². The quantitative estimate of drug-likeness (QED) is 0.855. The summed E-state index contributed by atoms with van der Waals surface area (Å²) in [5.74, 6) is -0.940. The number of ether oxygens (including phenoxy) is 1. The minimum Gasteiger partial charge on any atom is -0.452 e. The van der Waals surface area contributed by atoms with Gasteiger partial charge in [0.2, 0.25) is 0 Å². The zero-order valence-electron chi connectivity index (χ0n) is 12.1. The Morgan fingerprint density at radius 2 is 1.86 bits per heavy atom. The van der Waals surface area contributed by atoms with Gasteiger partial charge < -0.3 is 10.1 Å². The Morgan fingerprint density at radius 1 is 1.14 bits per heavy atom. The molecule has 114 valence electrons. The molecule has 2 rings (SSSR count). The second kappa shape index (κ2) is 7.61. The summed E-state index contributed by atoms with van der Waals surface area (Å²) in [5.41, 5.74) is 2.16. The number of nitrogens with one attached hydrogen (secondary N) is 1. The van der Waals surface area contributed by atoms with Gasteiger partial charge in [-0.05, 0) is 48.4 Å². The van der Waals surface area contributed by atoms with E-state index in [-0.39, 0.29) is 12.5 Å². The first-order chi connectivity index (χ1) is 10.6. The van der Waals surface area contributed by atoms with Crippen LogP contribution in [0.15, 0.2) is 48.5 Å². The first-order valence-corrected chi connectivity index (χ1v) is 7.27. The van der Waals surface area contributed by atoms with Crippen LogP contribution in [0.25, 0.3) is 0 Å². The Bertz CT molecular complexity index is 668. The lowest BCUT2D eigenvalue weighted by Crippen LogP contribution is -2.21. The monoisotopic (exact) mass is 317 g/mol. The van der Waals surface area contributed by atoms with Crippen molar-refractivity contribution in [2.75, 3.05) is 11.9 Å². The molecule has 2 aromatic carbocycles. The molecule has 0 aliphatic carbocycles. The van der Waals surface area contributed by atoms with Gasteiger partial charge in [-0.1, -0.05) is 30.7 Å². The second-order valence-corrected chi connectivity index (χ2v) is 5.12. The van der Waals surface area contributed by atoms with Gasteiger partial charge in [0.1, 0.15) is 0 Å². The molecule has 0 aliphatic heterocycles. The molecule has 0 saturated carbocycles. The average molecular weight is 318 g/mol. The molecule has 1 N–H and O–H groups in total. The van der Waals surface area contributed by atoms with Crippen LogP contribution >= 0.6 is 11.6 Å². The number of hydrogen-bond donors (Lipinski definition) is 1. The summed E-state index contributed by atoms with van der Waals surface area (Å²) in [5, 5.41) is 3.23. The van der Waals surface area contributed by atoms with Crippen LogP contribution < -0.4 is 5.32 Å². The molecule has 0 radical (unpaired) electrons. The maximum Gasteiger partial charge on any atom is 0.338 e. The van der Waals surface area contributed by atoms with Crippen molar-refractivity contribution in [3.8, 4) is 0 Å². The molecule has 0 bridgehead atoms. The molecule has 0 spiro atoms. The largest absolute Gasteiger partial charge is 0.452 e. The Labute approximate surface area is 134 Å². The number of carbonyl (C=O) groups excluding carboxylic acids is 2. The molecule has 22 heavy (non-hydrogen) atoms. The zero-order chi connectivity index (χ0) is 15.9. The van der Waals surface area contributed by atoms with E-state index in [0.29, 0.717) is 16.3 Å². The van der Waals surface area contributed by atoms with Crippen molar-refractivity contribution in [3.05, 3.63) is 64.7 Å². The van der Waals surface area contributed by atoms with E-state index >= 15 is 0 Å². The third-order valence-electron chi connectivity index (χ3n) is 3.03. The summed E-state index contributed by atoms with van der Waals surface area (Å²) in [6.07, 6.45) is 0.884. The number of aryl methyl sites for hydroxylation is 1. The lowest BCUT2D eigenvalue weighted by Gasteiger charge is -2.07. The highest BCUT2D eigenvalue weighted by Crippen LogP contribution is 2.12. The summed E-state index contributed by atoms with van der Waals surface area (Å²) in [4.78, 5) is 23.6. The highest BCUT2D eigenvalue weighted by Gasteiger charge is 2.10. The SMILES string of the molecule is CCc1cccc(NC(=O)COC(=O)c2ccc(Cl)cc2)c1. The van der Waals surface area contributed by atoms with Gasteiger partial charge in [0.05, 0.1) is 5.56 Å². The molecular weight excluding hydrogens is 302 g/mol. The van der Waals surface area contributed by atoms with E-state index < -0.39 is 5.97 Å². The third-order valence-corrected chi connectivity index (χ3v) is 3.29. The maximum atomic E-state index is 11.8. The normalized spacial score (nSPS) is 10.1. The molecule has 5 heteroatoms. The number of rotatable bonds is 5. The van der Waals surface area contributed by atoms with Crippen molar-refractivity contribution in [1.29, 1.82) is 0 Å².